The maximum Gasteiger partial charge on any atom is 0.410 e. The Labute approximate surface area is 211 Å². The van der Waals surface area contributed by atoms with E-state index in [0.717, 1.165) is 24.1 Å². The Balaban J connectivity index is 1.52. The van der Waals surface area contributed by atoms with E-state index >= 15 is 0 Å². The van der Waals surface area contributed by atoms with Gasteiger partial charge in [0.15, 0.2) is 0 Å². The second-order valence-corrected chi connectivity index (χ2v) is 10.5. The predicted molar refractivity (Wildman–Crippen MR) is 131 cm³/mol. The first-order valence-corrected chi connectivity index (χ1v) is 12.4. The fourth-order valence-electron chi connectivity index (χ4n) is 5.14. The number of nitrogens with zero attached hydrogens (tertiary/aromatic N) is 3. The van der Waals surface area contributed by atoms with Crippen molar-refractivity contribution in [1.29, 1.82) is 0 Å². The lowest BCUT2D eigenvalue weighted by atomic mass is 10.00. The van der Waals surface area contributed by atoms with Crippen LogP contribution in [0.3, 0.4) is 0 Å². The molecule has 10 heteroatoms. The molecule has 36 heavy (non-hydrogen) atoms. The van der Waals surface area contributed by atoms with E-state index < -0.39 is 29.1 Å². The van der Waals surface area contributed by atoms with Crippen LogP contribution in [0.25, 0.3) is 0 Å². The van der Waals surface area contributed by atoms with Gasteiger partial charge in [0, 0.05) is 43.9 Å². The Bertz CT molecular complexity index is 1050. The van der Waals surface area contributed by atoms with Gasteiger partial charge in [-0.3, -0.25) is 9.59 Å². The Kier molecular flexibility index (Phi) is 6.90. The zero-order chi connectivity index (χ0) is 26.3. The summed E-state index contributed by atoms with van der Waals surface area (Å²) in [5.41, 5.74) is 1.37. The van der Waals surface area contributed by atoms with E-state index in [2.05, 4.69) is 4.90 Å². The van der Waals surface area contributed by atoms with E-state index in [9.17, 15) is 19.2 Å². The van der Waals surface area contributed by atoms with Crippen molar-refractivity contribution in [3.05, 3.63) is 29.3 Å². The molecule has 10 nitrogen and oxygen atoms in total. The number of ether oxygens (including phenoxy) is 3. The minimum atomic E-state index is -0.864. The van der Waals surface area contributed by atoms with Crippen molar-refractivity contribution in [2.24, 2.45) is 0 Å². The maximum atomic E-state index is 13.5. The second-order valence-electron chi connectivity index (χ2n) is 10.5. The van der Waals surface area contributed by atoms with E-state index in [1.807, 2.05) is 39.0 Å². The van der Waals surface area contributed by atoms with Crippen molar-refractivity contribution in [3.63, 3.8) is 0 Å². The van der Waals surface area contributed by atoms with Crippen molar-refractivity contribution in [2.75, 3.05) is 45.3 Å². The molecular weight excluding hydrogens is 466 g/mol. The topological polar surface area (TPSA) is 106 Å². The molecule has 1 aliphatic carbocycles. The van der Waals surface area contributed by atoms with Crippen LogP contribution in [0.15, 0.2) is 18.2 Å². The maximum absolute atomic E-state index is 13.5. The Morgan fingerprint density at radius 2 is 1.69 bits per heavy atom. The van der Waals surface area contributed by atoms with Crippen LogP contribution < -0.4 is 4.90 Å². The van der Waals surface area contributed by atoms with Crippen LogP contribution in [0.5, 0.6) is 0 Å². The number of hydrogen-bond acceptors (Lipinski definition) is 8. The summed E-state index contributed by atoms with van der Waals surface area (Å²) in [4.78, 5) is 55.9. The fourth-order valence-corrected chi connectivity index (χ4v) is 5.14. The highest BCUT2D eigenvalue weighted by Crippen LogP contribution is 2.58. The number of rotatable bonds is 6. The number of carbonyl (C=O) groups excluding carboxylic acids is 4. The number of esters is 2. The number of fused-ring (bicyclic) bond motifs is 2. The molecule has 1 saturated carbocycles. The molecule has 196 valence electrons. The Hall–Kier alpha value is -3.30. The molecule has 1 unspecified atom stereocenters. The van der Waals surface area contributed by atoms with Crippen molar-refractivity contribution in [3.8, 4) is 0 Å². The second kappa shape index (κ2) is 9.63. The summed E-state index contributed by atoms with van der Waals surface area (Å²) in [5, 5.41) is 0. The van der Waals surface area contributed by atoms with E-state index in [4.69, 9.17) is 14.2 Å². The summed E-state index contributed by atoms with van der Waals surface area (Å²) < 4.78 is 15.2. The lowest BCUT2D eigenvalue weighted by Crippen LogP contribution is -2.50. The molecule has 2 heterocycles. The third-order valence-electron chi connectivity index (χ3n) is 7.07. The van der Waals surface area contributed by atoms with Crippen LogP contribution in [0.2, 0.25) is 0 Å². The number of anilines is 1. The molecule has 1 atom stereocenters. The highest BCUT2D eigenvalue weighted by Gasteiger charge is 2.61. The molecule has 4 rings (SSSR count). The predicted octanol–water partition coefficient (Wildman–Crippen LogP) is 2.68. The van der Waals surface area contributed by atoms with Gasteiger partial charge in [-0.15, -0.1) is 0 Å². The number of hydrogen-bond donors (Lipinski definition) is 0. The first-order valence-electron chi connectivity index (χ1n) is 12.4. The fraction of sp³-hybridized carbons (Fsp3) is 0.615. The minimum Gasteiger partial charge on any atom is -0.469 e. The van der Waals surface area contributed by atoms with Gasteiger partial charge in [0.25, 0.3) is 5.91 Å². The minimum absolute atomic E-state index is 0.0135. The number of benzene rings is 1. The number of piperazine rings is 1. The molecule has 0 aromatic heterocycles. The van der Waals surface area contributed by atoms with Gasteiger partial charge in [-0.25, -0.2) is 9.59 Å². The van der Waals surface area contributed by atoms with Crippen LogP contribution in [0, 0.1) is 0 Å². The normalized spacial score (nSPS) is 19.1. The molecule has 2 fully saturated rings. The Morgan fingerprint density at radius 3 is 2.25 bits per heavy atom. The summed E-state index contributed by atoms with van der Waals surface area (Å²) in [5.74, 6) is -1.19. The van der Waals surface area contributed by atoms with Crippen LogP contribution >= 0.6 is 0 Å². The molecule has 1 aromatic rings. The molecule has 0 N–H and O–H groups in total. The summed E-state index contributed by atoms with van der Waals surface area (Å²) in [7, 11) is 2.58. The van der Waals surface area contributed by atoms with Gasteiger partial charge in [0.2, 0.25) is 0 Å². The third-order valence-corrected chi connectivity index (χ3v) is 7.07. The molecule has 0 radical (unpaired) electrons. The first kappa shape index (κ1) is 25.8. The van der Waals surface area contributed by atoms with Gasteiger partial charge < -0.3 is 28.9 Å². The molecule has 1 saturated heterocycles. The largest absolute Gasteiger partial charge is 0.469 e. The average molecular weight is 502 g/mol. The van der Waals surface area contributed by atoms with E-state index in [0.29, 0.717) is 31.7 Å². The monoisotopic (exact) mass is 501 g/mol. The standard InChI is InChI=1S/C26H35N3O7/c1-25(2,3)36-24(33)28-14-12-27(13-15-28)17-6-7-18-19(16-17)26(10-11-26)29(22(18)31)20(23(32)35-5)8-9-21(30)34-4/h6-7,16,20H,8-15H2,1-5H3. The SMILES string of the molecule is COC(=O)CCC(C(=O)OC)N1C(=O)c2ccc(N3CCN(C(=O)OC(C)(C)C)CC3)cc2C12CC2. The van der Waals surface area contributed by atoms with Gasteiger partial charge >= 0.3 is 18.0 Å². The first-order chi connectivity index (χ1) is 17.0. The van der Waals surface area contributed by atoms with Crippen LogP contribution in [-0.2, 0) is 29.3 Å². The molecule has 1 spiro atoms. The van der Waals surface area contributed by atoms with Gasteiger partial charge in [-0.2, -0.15) is 0 Å². The molecule has 2 amide bonds. The molecular formula is C26H35N3O7. The number of amides is 2. The van der Waals surface area contributed by atoms with Crippen LogP contribution in [-0.4, -0.2) is 85.8 Å². The van der Waals surface area contributed by atoms with Crippen LogP contribution in [0.4, 0.5) is 10.5 Å². The van der Waals surface area contributed by atoms with E-state index in [1.54, 1.807) is 9.80 Å². The van der Waals surface area contributed by atoms with E-state index in [-0.39, 0.29) is 24.8 Å². The average Bonchev–Trinajstić information content (AvgIpc) is 3.61. The molecule has 3 aliphatic rings. The van der Waals surface area contributed by atoms with Crippen molar-refractivity contribution in [2.45, 2.75) is 63.6 Å². The highest BCUT2D eigenvalue weighted by molar-refractivity contribution is 6.03. The zero-order valence-corrected chi connectivity index (χ0v) is 21.7. The van der Waals surface area contributed by atoms with Gasteiger partial charge in [-0.1, -0.05) is 0 Å². The van der Waals surface area contributed by atoms with Gasteiger partial charge in [0.05, 0.1) is 19.8 Å². The molecule has 0 bridgehead atoms. The lowest BCUT2D eigenvalue weighted by molar-refractivity contribution is -0.148. The zero-order valence-electron chi connectivity index (χ0n) is 21.7. The van der Waals surface area contributed by atoms with Crippen molar-refractivity contribution >= 4 is 29.6 Å². The smallest absolute Gasteiger partial charge is 0.410 e. The summed E-state index contributed by atoms with van der Waals surface area (Å²) in [6.45, 7) is 7.93. The summed E-state index contributed by atoms with van der Waals surface area (Å²) in [6.07, 6.45) is 1.33. The number of methoxy groups -OCH3 is 2. The van der Waals surface area contributed by atoms with Crippen LogP contribution in [0.1, 0.15) is 62.4 Å². The molecule has 1 aromatic carbocycles. The number of carbonyl (C=O) groups is 4. The van der Waals surface area contributed by atoms with Crippen molar-refractivity contribution < 1.29 is 33.4 Å². The summed E-state index contributed by atoms with van der Waals surface area (Å²) >= 11 is 0. The third kappa shape index (κ3) is 4.85. The Morgan fingerprint density at radius 1 is 1.03 bits per heavy atom. The van der Waals surface area contributed by atoms with E-state index in [1.165, 1.54) is 14.2 Å². The van der Waals surface area contributed by atoms with Gasteiger partial charge in [-0.05, 0) is 63.8 Å². The quantitative estimate of drug-likeness (QED) is 0.433. The highest BCUT2D eigenvalue weighted by atomic mass is 16.6. The summed E-state index contributed by atoms with van der Waals surface area (Å²) in [6, 6.07) is 4.92. The molecule has 2 aliphatic heterocycles. The lowest BCUT2D eigenvalue weighted by Gasteiger charge is -2.37. The van der Waals surface area contributed by atoms with Gasteiger partial charge in [0.1, 0.15) is 11.6 Å². The van der Waals surface area contributed by atoms with Crippen molar-refractivity contribution in [1.82, 2.24) is 9.80 Å².